The third kappa shape index (κ3) is 4.20. The number of phenols is 1. The molecule has 1 heterocycles. The van der Waals surface area contributed by atoms with E-state index in [9.17, 15) is 14.7 Å². The van der Waals surface area contributed by atoms with E-state index in [-0.39, 0.29) is 5.41 Å². The number of ketones is 1. The van der Waals surface area contributed by atoms with Gasteiger partial charge in [-0.1, -0.05) is 26.3 Å². The summed E-state index contributed by atoms with van der Waals surface area (Å²) in [6.07, 6.45) is 13.0. The Hall–Kier alpha value is -1.84. The number of nitrogens with zero attached hydrogens (tertiary/aromatic N) is 1. The van der Waals surface area contributed by atoms with Crippen LogP contribution in [0.4, 0.5) is 0 Å². The van der Waals surface area contributed by atoms with Crippen molar-refractivity contribution in [1.29, 1.82) is 0 Å². The number of amides is 1. The standard InChI is InChI=1S/C30H43NO3/c1-3-8-21-17-25-20(18-26(21)32)11-12-24-23(25)13-14-30(2)27(33)19-22(29(24)30)9-7-10-28(34)31-15-5-4-6-16-31/h17-18,22-24,29,32H,3-16,19H2,1-2H3/t22-,23+,24?,29+,30?/m1/s1. The van der Waals surface area contributed by atoms with E-state index in [0.717, 1.165) is 82.9 Å². The Labute approximate surface area is 205 Å². The highest BCUT2D eigenvalue weighted by molar-refractivity contribution is 5.87. The second-order valence-corrected chi connectivity index (χ2v) is 11.9. The maximum absolute atomic E-state index is 13.3. The lowest BCUT2D eigenvalue weighted by atomic mass is 9.54. The summed E-state index contributed by atoms with van der Waals surface area (Å²) in [6, 6.07) is 4.34. The van der Waals surface area contributed by atoms with Gasteiger partial charge in [-0.25, -0.2) is 0 Å². The Bertz CT molecular complexity index is 933. The monoisotopic (exact) mass is 465 g/mol. The molecule has 4 aliphatic rings. The highest BCUT2D eigenvalue weighted by Crippen LogP contribution is 2.62. The number of rotatable bonds is 6. The van der Waals surface area contributed by atoms with E-state index < -0.39 is 0 Å². The van der Waals surface area contributed by atoms with Crippen molar-refractivity contribution >= 4 is 11.7 Å². The van der Waals surface area contributed by atoms with Crippen molar-refractivity contribution in [3.05, 3.63) is 28.8 Å². The molecule has 186 valence electrons. The molecule has 1 aromatic carbocycles. The number of phenolic OH excluding ortho intramolecular Hbond substituents is 1. The Morgan fingerprint density at radius 2 is 1.97 bits per heavy atom. The number of aromatic hydroxyl groups is 1. The summed E-state index contributed by atoms with van der Waals surface area (Å²) in [7, 11) is 0. The molecule has 1 aliphatic heterocycles. The van der Waals surface area contributed by atoms with Gasteiger partial charge in [0.25, 0.3) is 0 Å². The molecule has 1 aromatic rings. The van der Waals surface area contributed by atoms with Crippen LogP contribution in [0.3, 0.4) is 0 Å². The zero-order valence-corrected chi connectivity index (χ0v) is 21.3. The minimum absolute atomic E-state index is 0.177. The maximum Gasteiger partial charge on any atom is 0.222 e. The van der Waals surface area contributed by atoms with E-state index in [0.29, 0.717) is 54.0 Å². The summed E-state index contributed by atoms with van der Waals surface area (Å²) < 4.78 is 0. The van der Waals surface area contributed by atoms with Crippen molar-refractivity contribution in [3.8, 4) is 5.75 Å². The first kappa shape index (κ1) is 23.9. The molecular weight excluding hydrogens is 422 g/mol. The summed E-state index contributed by atoms with van der Waals surface area (Å²) in [5.74, 6) is 3.20. The van der Waals surface area contributed by atoms with E-state index in [2.05, 4.69) is 24.8 Å². The number of carbonyl (C=O) groups is 2. The van der Waals surface area contributed by atoms with Gasteiger partial charge in [0.05, 0.1) is 0 Å². The quantitative estimate of drug-likeness (QED) is 0.546. The van der Waals surface area contributed by atoms with Crippen molar-refractivity contribution in [2.75, 3.05) is 13.1 Å². The number of hydrogen-bond acceptors (Lipinski definition) is 3. The summed E-state index contributed by atoms with van der Waals surface area (Å²) in [5.41, 5.74) is 3.70. The van der Waals surface area contributed by atoms with Crippen LogP contribution < -0.4 is 0 Å². The number of Topliss-reactive ketones (excluding diaryl/α,β-unsaturated/α-hetero) is 1. The Balaban J connectivity index is 1.32. The van der Waals surface area contributed by atoms with Crippen molar-refractivity contribution in [2.45, 2.75) is 103 Å². The summed E-state index contributed by atoms with van der Waals surface area (Å²) in [5, 5.41) is 10.5. The van der Waals surface area contributed by atoms with Crippen LogP contribution in [0, 0.1) is 23.2 Å². The molecule has 0 spiro atoms. The van der Waals surface area contributed by atoms with Gasteiger partial charge in [-0.15, -0.1) is 0 Å². The largest absolute Gasteiger partial charge is 0.508 e. The van der Waals surface area contributed by atoms with Crippen LogP contribution in [0.5, 0.6) is 5.75 Å². The first-order valence-electron chi connectivity index (χ1n) is 14.1. The predicted octanol–water partition coefficient (Wildman–Crippen LogP) is 6.18. The summed E-state index contributed by atoms with van der Waals surface area (Å²) in [4.78, 5) is 28.0. The van der Waals surface area contributed by atoms with E-state index in [1.165, 1.54) is 17.5 Å². The molecule has 0 aromatic heterocycles. The van der Waals surface area contributed by atoms with Gasteiger partial charge in [0.15, 0.2) is 0 Å². The van der Waals surface area contributed by atoms with Crippen molar-refractivity contribution < 1.29 is 14.7 Å². The molecule has 3 fully saturated rings. The molecule has 34 heavy (non-hydrogen) atoms. The molecule has 1 amide bonds. The molecule has 4 nitrogen and oxygen atoms in total. The van der Waals surface area contributed by atoms with Gasteiger partial charge < -0.3 is 10.0 Å². The molecule has 0 bridgehead atoms. The minimum atomic E-state index is -0.177. The summed E-state index contributed by atoms with van der Waals surface area (Å²) in [6.45, 7) is 6.28. The van der Waals surface area contributed by atoms with Crippen LogP contribution in [0.1, 0.15) is 107 Å². The molecule has 3 aliphatic carbocycles. The number of carbonyl (C=O) groups excluding carboxylic acids is 2. The van der Waals surface area contributed by atoms with Gasteiger partial charge in [0.2, 0.25) is 5.91 Å². The van der Waals surface area contributed by atoms with Crippen LogP contribution in [0.25, 0.3) is 0 Å². The number of piperidine rings is 1. The molecule has 5 atom stereocenters. The van der Waals surface area contributed by atoms with Crippen LogP contribution in [0.2, 0.25) is 0 Å². The van der Waals surface area contributed by atoms with Gasteiger partial charge in [-0.2, -0.15) is 0 Å². The second-order valence-electron chi connectivity index (χ2n) is 11.9. The fourth-order valence-electron chi connectivity index (χ4n) is 8.27. The van der Waals surface area contributed by atoms with Gasteiger partial charge >= 0.3 is 0 Å². The van der Waals surface area contributed by atoms with Crippen LogP contribution in [0.15, 0.2) is 12.1 Å². The van der Waals surface area contributed by atoms with Crippen LogP contribution in [-0.4, -0.2) is 34.8 Å². The Morgan fingerprint density at radius 3 is 2.74 bits per heavy atom. The highest BCUT2D eigenvalue weighted by Gasteiger charge is 2.58. The number of hydrogen-bond donors (Lipinski definition) is 1. The van der Waals surface area contributed by atoms with Crippen LogP contribution >= 0.6 is 0 Å². The molecule has 0 radical (unpaired) electrons. The van der Waals surface area contributed by atoms with Crippen LogP contribution in [-0.2, 0) is 22.4 Å². The van der Waals surface area contributed by atoms with Crippen molar-refractivity contribution in [3.63, 3.8) is 0 Å². The van der Waals surface area contributed by atoms with E-state index in [1.54, 1.807) is 0 Å². The average molecular weight is 466 g/mol. The van der Waals surface area contributed by atoms with Gasteiger partial charge in [-0.05, 0) is 111 Å². The zero-order valence-electron chi connectivity index (χ0n) is 21.3. The Morgan fingerprint density at radius 1 is 1.18 bits per heavy atom. The van der Waals surface area contributed by atoms with Crippen molar-refractivity contribution in [2.24, 2.45) is 23.2 Å². The smallest absolute Gasteiger partial charge is 0.222 e. The average Bonchev–Trinajstić information content (AvgIpc) is 3.10. The number of fused-ring (bicyclic) bond motifs is 5. The first-order valence-corrected chi connectivity index (χ1v) is 14.1. The van der Waals surface area contributed by atoms with E-state index >= 15 is 0 Å². The molecule has 2 saturated carbocycles. The lowest BCUT2D eigenvalue weighted by Gasteiger charge is -2.50. The second kappa shape index (κ2) is 9.66. The van der Waals surface area contributed by atoms with Crippen molar-refractivity contribution in [1.82, 2.24) is 4.90 Å². The number of aryl methyl sites for hydroxylation is 2. The zero-order chi connectivity index (χ0) is 23.9. The van der Waals surface area contributed by atoms with E-state index in [1.807, 2.05) is 6.07 Å². The fourth-order valence-corrected chi connectivity index (χ4v) is 8.27. The lowest BCUT2D eigenvalue weighted by Crippen LogP contribution is -2.44. The molecular formula is C30H43NO3. The maximum atomic E-state index is 13.3. The van der Waals surface area contributed by atoms with Gasteiger partial charge in [0, 0.05) is 31.3 Å². The normalized spacial score (nSPS) is 32.8. The Kier molecular flexibility index (Phi) is 6.79. The molecule has 2 unspecified atom stereocenters. The van der Waals surface area contributed by atoms with E-state index in [4.69, 9.17) is 0 Å². The SMILES string of the molecule is CCCc1cc2c(cc1O)CCC1[C@@H]2CCC2(C)C(=O)C[C@@H](CCCC(=O)N3CCCCC3)[C@@H]12. The fraction of sp³-hybridized carbons (Fsp3) is 0.733. The van der Waals surface area contributed by atoms with Gasteiger partial charge in [0.1, 0.15) is 11.5 Å². The minimum Gasteiger partial charge on any atom is -0.508 e. The lowest BCUT2D eigenvalue weighted by molar-refractivity contribution is -0.132. The first-order chi connectivity index (χ1) is 16.4. The number of benzene rings is 1. The number of likely N-dealkylation sites (tertiary alicyclic amines) is 1. The predicted molar refractivity (Wildman–Crippen MR) is 135 cm³/mol. The highest BCUT2D eigenvalue weighted by atomic mass is 16.3. The molecule has 1 N–H and O–H groups in total. The topological polar surface area (TPSA) is 57.6 Å². The summed E-state index contributed by atoms with van der Waals surface area (Å²) >= 11 is 0. The van der Waals surface area contributed by atoms with Gasteiger partial charge in [-0.3, -0.25) is 9.59 Å². The molecule has 1 saturated heterocycles. The third-order valence-corrected chi connectivity index (χ3v) is 9.96. The third-order valence-electron chi connectivity index (χ3n) is 9.96. The molecule has 4 heteroatoms. The molecule has 5 rings (SSSR count).